The van der Waals surface area contributed by atoms with Gasteiger partial charge in [-0.25, -0.2) is 14.2 Å². The number of nitrogens with zero attached hydrogens (tertiary/aromatic N) is 5. The molecule has 32 heavy (non-hydrogen) atoms. The molecule has 0 aliphatic heterocycles. The number of aliphatic imine (C=N–C) groups is 1. The smallest absolute Gasteiger partial charge is 0.416 e. The van der Waals surface area contributed by atoms with Gasteiger partial charge in [0.25, 0.3) is 0 Å². The summed E-state index contributed by atoms with van der Waals surface area (Å²) in [5.41, 5.74) is 1.85. The first kappa shape index (κ1) is 22.9. The molecule has 2 aromatic heterocycles. The zero-order valence-electron chi connectivity index (χ0n) is 18.6. The number of carbonyl (C=O) groups excluding carboxylic acids is 1. The average Bonchev–Trinajstić information content (AvgIpc) is 3.19. The summed E-state index contributed by atoms with van der Waals surface area (Å²) in [6, 6.07) is 9.47. The lowest BCUT2D eigenvalue weighted by Gasteiger charge is -2.28. The van der Waals surface area contributed by atoms with Crippen LogP contribution in [-0.2, 0) is 4.74 Å². The Bertz CT molecular complexity index is 1170. The Morgan fingerprint density at radius 1 is 1.28 bits per heavy atom. The average molecular weight is 436 g/mol. The van der Waals surface area contributed by atoms with Crippen molar-refractivity contribution >= 4 is 23.8 Å². The summed E-state index contributed by atoms with van der Waals surface area (Å²) in [6.07, 6.45) is 6.10. The molecular formula is C24H26FN5O2. The molecule has 8 heteroatoms. The van der Waals surface area contributed by atoms with E-state index in [4.69, 9.17) is 4.74 Å². The van der Waals surface area contributed by atoms with Crippen molar-refractivity contribution in [2.24, 2.45) is 4.99 Å². The highest BCUT2D eigenvalue weighted by Gasteiger charge is 2.27. The number of aromatic nitrogens is 3. The number of benzene rings is 1. The first-order chi connectivity index (χ1) is 15.2. The predicted octanol–water partition coefficient (Wildman–Crippen LogP) is 5.09. The summed E-state index contributed by atoms with van der Waals surface area (Å²) < 4.78 is 20.7. The molecule has 1 amide bonds. The van der Waals surface area contributed by atoms with Gasteiger partial charge in [0.05, 0.1) is 18.4 Å². The number of allylic oxidation sites excluding steroid dienone is 2. The van der Waals surface area contributed by atoms with Crippen LogP contribution in [0.4, 0.5) is 15.0 Å². The Morgan fingerprint density at radius 2 is 2.00 bits per heavy atom. The third-order valence-electron chi connectivity index (χ3n) is 4.34. The van der Waals surface area contributed by atoms with Crippen LogP contribution in [0.5, 0.6) is 0 Å². The van der Waals surface area contributed by atoms with Gasteiger partial charge in [0, 0.05) is 31.0 Å². The number of anilines is 1. The summed E-state index contributed by atoms with van der Waals surface area (Å²) in [6.45, 7) is 9.31. The molecule has 1 aromatic carbocycles. The molecule has 0 saturated heterocycles. The van der Waals surface area contributed by atoms with Crippen molar-refractivity contribution in [1.29, 1.82) is 0 Å². The molecule has 0 fully saturated rings. The fraction of sp³-hybridized carbons (Fsp3) is 0.250. The van der Waals surface area contributed by atoms with Gasteiger partial charge in [0.1, 0.15) is 17.2 Å². The molecule has 7 nitrogen and oxygen atoms in total. The topological polar surface area (TPSA) is 72.1 Å². The fourth-order valence-corrected chi connectivity index (χ4v) is 3.05. The first-order valence-electron chi connectivity index (χ1n) is 10.1. The van der Waals surface area contributed by atoms with Gasteiger partial charge in [-0.3, -0.25) is 9.89 Å². The van der Waals surface area contributed by atoms with E-state index >= 15 is 0 Å². The maximum absolute atomic E-state index is 13.4. The predicted molar refractivity (Wildman–Crippen MR) is 125 cm³/mol. The van der Waals surface area contributed by atoms with Crippen LogP contribution >= 0.6 is 0 Å². The zero-order chi connectivity index (χ0) is 23.3. The van der Waals surface area contributed by atoms with Crippen LogP contribution < -0.4 is 4.90 Å². The highest BCUT2D eigenvalue weighted by Crippen LogP contribution is 2.26. The molecule has 0 unspecified atom stereocenters. The third kappa shape index (κ3) is 5.46. The minimum absolute atomic E-state index is 0.167. The monoisotopic (exact) mass is 435 g/mol. The number of fused-ring (bicyclic) bond motifs is 1. The van der Waals surface area contributed by atoms with Gasteiger partial charge >= 0.3 is 6.09 Å². The molecular weight excluding hydrogens is 409 g/mol. The number of hydrogen-bond acceptors (Lipinski definition) is 5. The second-order valence-corrected chi connectivity index (χ2v) is 8.04. The van der Waals surface area contributed by atoms with E-state index in [-0.39, 0.29) is 12.4 Å². The Morgan fingerprint density at radius 3 is 2.62 bits per heavy atom. The molecule has 0 radical (unpaired) electrons. The Labute approximate surface area is 186 Å². The Balaban J connectivity index is 2.17. The number of ether oxygens (including phenoxy) is 1. The van der Waals surface area contributed by atoms with E-state index < -0.39 is 11.7 Å². The van der Waals surface area contributed by atoms with Gasteiger partial charge in [-0.2, -0.15) is 9.61 Å². The van der Waals surface area contributed by atoms with Crippen LogP contribution in [0.1, 0.15) is 20.8 Å². The van der Waals surface area contributed by atoms with E-state index in [9.17, 15) is 9.18 Å². The maximum Gasteiger partial charge on any atom is 0.416 e. The summed E-state index contributed by atoms with van der Waals surface area (Å²) >= 11 is 0. The van der Waals surface area contributed by atoms with Crippen molar-refractivity contribution in [3.63, 3.8) is 0 Å². The quantitative estimate of drug-likeness (QED) is 0.399. The van der Waals surface area contributed by atoms with Crippen molar-refractivity contribution in [3.05, 3.63) is 72.7 Å². The zero-order valence-corrected chi connectivity index (χ0v) is 18.6. The largest absolute Gasteiger partial charge is 0.443 e. The number of halogens is 1. The molecule has 0 aliphatic rings. The van der Waals surface area contributed by atoms with Crippen LogP contribution in [0.3, 0.4) is 0 Å². The molecule has 0 saturated carbocycles. The molecule has 3 rings (SSSR count). The molecule has 166 valence electrons. The van der Waals surface area contributed by atoms with E-state index in [1.807, 2.05) is 0 Å². The van der Waals surface area contributed by atoms with Crippen molar-refractivity contribution in [2.75, 3.05) is 18.5 Å². The highest BCUT2D eigenvalue weighted by atomic mass is 19.1. The number of carbonyl (C=O) groups is 1. The normalized spacial score (nSPS) is 12.3. The summed E-state index contributed by atoms with van der Waals surface area (Å²) in [7, 11) is 1.65. The lowest BCUT2D eigenvalue weighted by Crippen LogP contribution is -2.39. The first-order valence-corrected chi connectivity index (χ1v) is 10.1. The van der Waals surface area contributed by atoms with Crippen LogP contribution in [-0.4, -0.2) is 46.1 Å². The summed E-state index contributed by atoms with van der Waals surface area (Å²) in [4.78, 5) is 23.4. The van der Waals surface area contributed by atoms with Crippen LogP contribution in [0.15, 0.2) is 71.9 Å². The molecule has 0 N–H and O–H groups in total. The molecule has 0 atom stereocenters. The molecule has 0 aliphatic carbocycles. The molecule has 3 aromatic rings. The van der Waals surface area contributed by atoms with E-state index in [0.29, 0.717) is 22.7 Å². The maximum atomic E-state index is 13.4. The fourth-order valence-electron chi connectivity index (χ4n) is 3.05. The van der Waals surface area contributed by atoms with Gasteiger partial charge in [-0.1, -0.05) is 18.7 Å². The van der Waals surface area contributed by atoms with Gasteiger partial charge < -0.3 is 4.74 Å². The van der Waals surface area contributed by atoms with Crippen LogP contribution in [0.2, 0.25) is 0 Å². The number of hydrogen-bond donors (Lipinski definition) is 0. The summed E-state index contributed by atoms with van der Waals surface area (Å²) in [5.74, 6) is 0.112. The van der Waals surface area contributed by atoms with E-state index in [1.54, 1.807) is 81.2 Å². The molecule has 0 spiro atoms. The molecule has 0 bridgehead atoms. The van der Waals surface area contributed by atoms with Crippen molar-refractivity contribution in [1.82, 2.24) is 14.6 Å². The van der Waals surface area contributed by atoms with Gasteiger partial charge in [-0.15, -0.1) is 0 Å². The standard InChI is InChI=1S/C24H26FN5O2/c1-6-7-17(15-26-5)16-29(23(31)32-24(2,3)4)22-14-20(18-8-10-19(25)11-9-18)28-21-12-13-27-30(21)22/h6-15H,1,16H2,2-5H3/b17-7+,26-15?. The minimum atomic E-state index is -0.702. The number of rotatable bonds is 6. The van der Waals surface area contributed by atoms with Gasteiger partial charge in [0.2, 0.25) is 0 Å². The van der Waals surface area contributed by atoms with E-state index in [1.165, 1.54) is 17.0 Å². The Hall–Kier alpha value is -3.81. The minimum Gasteiger partial charge on any atom is -0.443 e. The highest BCUT2D eigenvalue weighted by molar-refractivity contribution is 5.91. The Kier molecular flexibility index (Phi) is 6.82. The van der Waals surface area contributed by atoms with E-state index in [2.05, 4.69) is 21.7 Å². The lowest BCUT2D eigenvalue weighted by molar-refractivity contribution is 0.0582. The van der Waals surface area contributed by atoms with Gasteiger partial charge in [0.15, 0.2) is 5.65 Å². The second kappa shape index (κ2) is 9.55. The third-order valence-corrected chi connectivity index (χ3v) is 4.34. The van der Waals surface area contributed by atoms with Crippen LogP contribution in [0.25, 0.3) is 16.9 Å². The van der Waals surface area contributed by atoms with Crippen molar-refractivity contribution in [3.8, 4) is 11.3 Å². The van der Waals surface area contributed by atoms with Gasteiger partial charge in [-0.05, 0) is 50.6 Å². The second-order valence-electron chi connectivity index (χ2n) is 8.04. The van der Waals surface area contributed by atoms with Crippen LogP contribution in [0, 0.1) is 5.82 Å². The SMILES string of the molecule is C=C/C=C(\C=NC)CN(C(=O)OC(C)(C)C)c1cc(-c2ccc(F)cc2)nc2ccnn12. The molecule has 2 heterocycles. The van der Waals surface area contributed by atoms with Crippen molar-refractivity contribution in [2.45, 2.75) is 26.4 Å². The van der Waals surface area contributed by atoms with E-state index in [0.717, 1.165) is 5.57 Å². The van der Waals surface area contributed by atoms with Crippen molar-refractivity contribution < 1.29 is 13.9 Å². The summed E-state index contributed by atoms with van der Waals surface area (Å²) in [5, 5.41) is 4.34. The number of amides is 1. The lowest BCUT2D eigenvalue weighted by atomic mass is 10.1.